The van der Waals surface area contributed by atoms with Crippen LogP contribution in [0.15, 0.2) is 490 Å². The van der Waals surface area contributed by atoms with Gasteiger partial charge < -0.3 is 8.98 Å². The monoisotopic (exact) mass is 1850 g/mol. The number of furan rings is 1. The van der Waals surface area contributed by atoms with Gasteiger partial charge in [-0.1, -0.05) is 328 Å². The van der Waals surface area contributed by atoms with Gasteiger partial charge in [-0.05, 0) is 223 Å². The number of para-hydroxylation sites is 6. The van der Waals surface area contributed by atoms with Crippen molar-refractivity contribution >= 4 is 206 Å². The normalized spacial score (nSPS) is 11.9. The molecule has 9 aromatic heterocycles. The Morgan fingerprint density at radius 2 is 0.444 bits per heavy atom. The largest absolute Gasteiger partial charge is 0.456 e. The zero-order valence-corrected chi connectivity index (χ0v) is 78.3. The lowest BCUT2D eigenvalue weighted by Crippen LogP contribution is -2.03. The molecule has 0 aliphatic rings. The molecule has 0 amide bonds. The van der Waals surface area contributed by atoms with E-state index in [9.17, 15) is 0 Å². The number of benzene rings is 22. The molecule has 0 N–H and O–H groups in total. The van der Waals surface area contributed by atoms with Gasteiger partial charge in [-0.25, -0.2) is 29.9 Å². The number of aromatic nitrogens is 10. The standard InChI is InChI=1S/C48H30N4.C42H25N3O.C42H25N3S/c1-3-13-31(14-4-1)47-41-29-34(35-24-26-45-39(28-35)37-19-9-11-21-43(37)51(45)36-17-5-2-6-18-36)23-25-42(41)49-48(50-47)52-44-22-12-10-20-38(44)40-27-32-15-7-8-16-33(32)30-46(40)52;2*1-2-10-26(11-3-1)41-35-24-29(30-19-21-40-34(23-30)32-15-7-9-17-39(32)46-40)18-20-36(35)43-42(44-41)45-37-16-8-6-14-31(37)33-22-27-12-4-5-13-28(27)25-38(33)45/h1-30H;2*1-25H. The van der Waals surface area contributed by atoms with Crippen LogP contribution in [-0.2, 0) is 0 Å². The van der Waals surface area contributed by atoms with Gasteiger partial charge in [0.05, 0.1) is 77.8 Å². The summed E-state index contributed by atoms with van der Waals surface area (Å²) in [5.74, 6) is 1.99. The molecule has 31 rings (SSSR count). The van der Waals surface area contributed by atoms with E-state index in [4.69, 9.17) is 34.3 Å². The Balaban J connectivity index is 0.000000103. The molecule has 0 unspecified atom stereocenters. The Morgan fingerprint density at radius 1 is 0.160 bits per heavy atom. The van der Waals surface area contributed by atoms with Gasteiger partial charge in [-0.15, -0.1) is 11.3 Å². The average Bonchev–Trinajstić information content (AvgIpc) is 1.57. The summed E-state index contributed by atoms with van der Waals surface area (Å²) < 4.78 is 17.8. The SMILES string of the molecule is c1ccc(-c2nc(-n3c4ccccc4c4cc5ccccc5cc43)nc3ccc(-c4ccc5c(c4)c4ccccc4n5-c4ccccc4)cc23)cc1.c1ccc(-c2nc(-n3c4ccccc4c4cc5ccccc5cc43)nc3ccc(-c4ccc5oc6ccccc6c5c4)cc23)cc1.c1ccc(-c2nc(-n3c4ccccc4c4cc5ccccc5cc43)nc3ccc(-c4ccc5sc6ccccc6c5c4)cc23)cc1. The lowest BCUT2D eigenvalue weighted by Gasteiger charge is -2.13. The lowest BCUT2D eigenvalue weighted by molar-refractivity contribution is 0.669. The highest BCUT2D eigenvalue weighted by molar-refractivity contribution is 7.25. The molecule has 0 spiro atoms. The lowest BCUT2D eigenvalue weighted by atomic mass is 9.99. The van der Waals surface area contributed by atoms with Gasteiger partial charge in [0.1, 0.15) is 11.2 Å². The second-order valence-electron chi connectivity index (χ2n) is 37.2. The average molecular weight is 1850 g/mol. The molecule has 0 fully saturated rings. The third-order valence-electron chi connectivity index (χ3n) is 28.9. The van der Waals surface area contributed by atoms with Crippen LogP contribution in [0, 0.1) is 0 Å². The van der Waals surface area contributed by atoms with Gasteiger partial charge in [0.25, 0.3) is 0 Å². The fraction of sp³-hybridized carbons (Fsp3) is 0. The Morgan fingerprint density at radius 3 is 0.868 bits per heavy atom. The Labute approximate surface area is 828 Å². The van der Waals surface area contributed by atoms with E-state index in [0.29, 0.717) is 17.8 Å². The number of nitrogens with zero attached hydrogens (tertiary/aromatic N) is 10. The van der Waals surface area contributed by atoms with Crippen LogP contribution in [0.4, 0.5) is 0 Å². The summed E-state index contributed by atoms with van der Waals surface area (Å²) >= 11 is 1.85. The minimum atomic E-state index is 0.659. The molecule has 144 heavy (non-hydrogen) atoms. The first kappa shape index (κ1) is 82.0. The fourth-order valence-corrected chi connectivity index (χ4v) is 23.2. The van der Waals surface area contributed by atoms with Crippen molar-refractivity contribution in [1.29, 1.82) is 0 Å². The van der Waals surface area contributed by atoms with Gasteiger partial charge in [0, 0.05) is 113 Å². The molecular weight excluding hydrogens is 1770 g/mol. The topological polar surface area (TPSA) is 110 Å². The number of hydrogen-bond acceptors (Lipinski definition) is 8. The first-order chi connectivity index (χ1) is 71.3. The third kappa shape index (κ3) is 13.6. The van der Waals surface area contributed by atoms with Crippen LogP contribution in [0.5, 0.6) is 0 Å². The minimum Gasteiger partial charge on any atom is -0.456 e. The highest BCUT2D eigenvalue weighted by atomic mass is 32.1. The molecule has 22 aromatic carbocycles. The van der Waals surface area contributed by atoms with Crippen molar-refractivity contribution in [3.63, 3.8) is 0 Å². The summed E-state index contributed by atoms with van der Waals surface area (Å²) in [6.45, 7) is 0. The summed E-state index contributed by atoms with van der Waals surface area (Å²) in [4.78, 5) is 31.9. The van der Waals surface area contributed by atoms with Gasteiger partial charge in [0.15, 0.2) is 0 Å². The fourth-order valence-electron chi connectivity index (χ4n) is 22.1. The maximum absolute atomic E-state index is 6.10. The highest BCUT2D eigenvalue weighted by Gasteiger charge is 2.26. The van der Waals surface area contributed by atoms with Crippen molar-refractivity contribution in [3.8, 4) is 90.7 Å². The van der Waals surface area contributed by atoms with Crippen molar-refractivity contribution < 1.29 is 4.42 Å². The maximum atomic E-state index is 6.10. The minimum absolute atomic E-state index is 0.659. The molecule has 31 aromatic rings. The van der Waals surface area contributed by atoms with Crippen LogP contribution in [0.3, 0.4) is 0 Å². The second-order valence-corrected chi connectivity index (χ2v) is 38.2. The number of fused-ring (bicyclic) bond motifs is 24. The summed E-state index contributed by atoms with van der Waals surface area (Å²) in [6, 6.07) is 172. The quantitative estimate of drug-likeness (QED) is 0.134. The van der Waals surface area contributed by atoms with Crippen molar-refractivity contribution in [1.82, 2.24) is 48.2 Å². The Hall–Kier alpha value is -19.1. The molecule has 11 nitrogen and oxygen atoms in total. The highest BCUT2D eigenvalue weighted by Crippen LogP contribution is 2.46. The molecular formula is C132H80N10OS. The third-order valence-corrected chi connectivity index (χ3v) is 30.0. The van der Waals surface area contributed by atoms with Crippen molar-refractivity contribution in [2.75, 3.05) is 0 Å². The van der Waals surface area contributed by atoms with Crippen molar-refractivity contribution in [2.45, 2.75) is 0 Å². The Kier molecular flexibility index (Phi) is 19.0. The van der Waals surface area contributed by atoms with E-state index in [1.54, 1.807) is 0 Å². The summed E-state index contributed by atoms with van der Waals surface area (Å²) in [6.07, 6.45) is 0. The predicted octanol–water partition coefficient (Wildman–Crippen LogP) is 35.0. The van der Waals surface area contributed by atoms with Crippen LogP contribution in [0.25, 0.3) is 285 Å². The van der Waals surface area contributed by atoms with E-state index in [0.717, 1.165) is 155 Å². The van der Waals surface area contributed by atoms with Crippen molar-refractivity contribution in [2.24, 2.45) is 0 Å². The zero-order chi connectivity index (χ0) is 94.6. The van der Waals surface area contributed by atoms with Crippen LogP contribution in [0.1, 0.15) is 0 Å². The van der Waals surface area contributed by atoms with Crippen LogP contribution >= 0.6 is 11.3 Å². The molecule has 0 saturated carbocycles. The van der Waals surface area contributed by atoms with Gasteiger partial charge in [-0.3, -0.25) is 13.7 Å². The second kappa shape index (κ2) is 33.3. The van der Waals surface area contributed by atoms with E-state index in [1.807, 2.05) is 29.5 Å². The van der Waals surface area contributed by atoms with Crippen molar-refractivity contribution in [3.05, 3.63) is 485 Å². The molecule has 9 heterocycles. The molecule has 0 radical (unpaired) electrons. The zero-order valence-electron chi connectivity index (χ0n) is 77.5. The molecule has 670 valence electrons. The van der Waals surface area contributed by atoms with E-state index < -0.39 is 0 Å². The maximum Gasteiger partial charge on any atom is 0.235 e. The van der Waals surface area contributed by atoms with E-state index >= 15 is 0 Å². The smallest absolute Gasteiger partial charge is 0.235 e. The molecule has 0 bridgehead atoms. The van der Waals surface area contributed by atoms with Gasteiger partial charge in [-0.2, -0.15) is 0 Å². The van der Waals surface area contributed by atoms with Crippen LogP contribution in [-0.4, -0.2) is 48.2 Å². The molecule has 0 aliphatic carbocycles. The van der Waals surface area contributed by atoms with E-state index in [-0.39, 0.29) is 0 Å². The van der Waals surface area contributed by atoms with Crippen LogP contribution in [0.2, 0.25) is 0 Å². The molecule has 12 heteroatoms. The van der Waals surface area contributed by atoms with Crippen LogP contribution < -0.4 is 0 Å². The molecule has 0 atom stereocenters. The van der Waals surface area contributed by atoms with Gasteiger partial charge >= 0.3 is 0 Å². The summed E-state index contributed by atoms with van der Waals surface area (Å²) in [5, 5.41) is 24.8. The van der Waals surface area contributed by atoms with E-state index in [1.165, 1.54) is 112 Å². The first-order valence-corrected chi connectivity index (χ1v) is 49.5. The predicted molar refractivity (Wildman–Crippen MR) is 601 cm³/mol. The number of rotatable bonds is 10. The molecule has 0 saturated heterocycles. The number of hydrogen-bond donors (Lipinski definition) is 0. The summed E-state index contributed by atoms with van der Waals surface area (Å²) in [7, 11) is 0. The Bertz CT molecular complexity index is 10300. The molecule has 0 aliphatic heterocycles. The summed E-state index contributed by atoms with van der Waals surface area (Å²) in [5.41, 5.74) is 27.4. The first-order valence-electron chi connectivity index (χ1n) is 48.7. The van der Waals surface area contributed by atoms with E-state index in [2.05, 4.69) is 485 Å². The van der Waals surface area contributed by atoms with Gasteiger partial charge in [0.2, 0.25) is 17.8 Å². The number of thiophene rings is 1.